The van der Waals surface area contributed by atoms with Gasteiger partial charge in [-0.3, -0.25) is 4.79 Å². The van der Waals surface area contributed by atoms with Crippen molar-refractivity contribution >= 4 is 16.9 Å². The summed E-state index contributed by atoms with van der Waals surface area (Å²) in [5.41, 5.74) is 2.16. The number of nitrogens with one attached hydrogen (secondary N) is 2. The lowest BCUT2D eigenvalue weighted by Gasteiger charge is -2.07. The van der Waals surface area contributed by atoms with Gasteiger partial charge in [0.25, 0.3) is 0 Å². The average molecular weight is 218 g/mol. The van der Waals surface area contributed by atoms with Crippen LogP contribution in [0.2, 0.25) is 0 Å². The highest BCUT2D eigenvalue weighted by atomic mass is 16.4. The number of aromatic nitrogens is 1. The van der Waals surface area contributed by atoms with Crippen molar-refractivity contribution in [3.05, 3.63) is 36.0 Å². The molecule has 0 saturated carbocycles. The highest BCUT2D eigenvalue weighted by Gasteiger charge is 2.10. The molecule has 0 aliphatic carbocycles. The molecule has 2 rings (SSSR count). The number of hydrogen-bond donors (Lipinski definition) is 3. The SMILES string of the molecule is CC(NCc1c[nH]c2ccccc12)C(=O)O. The van der Waals surface area contributed by atoms with Gasteiger partial charge in [-0.25, -0.2) is 0 Å². The number of benzene rings is 1. The van der Waals surface area contributed by atoms with Crippen molar-refractivity contribution in [1.29, 1.82) is 0 Å². The Balaban J connectivity index is 2.13. The summed E-state index contributed by atoms with van der Waals surface area (Å²) >= 11 is 0. The van der Waals surface area contributed by atoms with Crippen LogP contribution < -0.4 is 5.32 Å². The monoisotopic (exact) mass is 218 g/mol. The Labute approximate surface area is 93.3 Å². The zero-order chi connectivity index (χ0) is 11.5. The van der Waals surface area contributed by atoms with Gasteiger partial charge in [0.05, 0.1) is 0 Å². The minimum absolute atomic E-state index is 0.534. The van der Waals surface area contributed by atoms with Crippen molar-refractivity contribution < 1.29 is 9.90 Å². The van der Waals surface area contributed by atoms with Gasteiger partial charge >= 0.3 is 5.97 Å². The van der Waals surface area contributed by atoms with Gasteiger partial charge in [-0.15, -0.1) is 0 Å². The summed E-state index contributed by atoms with van der Waals surface area (Å²) in [6.45, 7) is 2.19. The maximum atomic E-state index is 10.7. The number of carboxylic acid groups (broad SMARTS) is 1. The lowest BCUT2D eigenvalue weighted by Crippen LogP contribution is -2.32. The van der Waals surface area contributed by atoms with E-state index < -0.39 is 12.0 Å². The van der Waals surface area contributed by atoms with Crippen molar-refractivity contribution in [2.75, 3.05) is 0 Å². The number of para-hydroxylation sites is 1. The number of carboxylic acids is 1. The van der Waals surface area contributed by atoms with Gasteiger partial charge in [0.15, 0.2) is 0 Å². The quantitative estimate of drug-likeness (QED) is 0.732. The van der Waals surface area contributed by atoms with E-state index in [9.17, 15) is 4.79 Å². The molecule has 0 radical (unpaired) electrons. The molecule has 1 aromatic carbocycles. The van der Waals surface area contributed by atoms with Crippen LogP contribution in [0.4, 0.5) is 0 Å². The summed E-state index contributed by atoms with van der Waals surface area (Å²) in [5, 5.41) is 12.8. The molecular formula is C12H14N2O2. The standard InChI is InChI=1S/C12H14N2O2/c1-8(12(15)16)13-6-9-7-14-11-5-3-2-4-10(9)11/h2-5,7-8,13-14H,6H2,1H3,(H,15,16). The van der Waals surface area contributed by atoms with E-state index in [2.05, 4.69) is 10.3 Å². The smallest absolute Gasteiger partial charge is 0.320 e. The van der Waals surface area contributed by atoms with E-state index in [0.29, 0.717) is 6.54 Å². The third-order valence-electron chi connectivity index (χ3n) is 2.64. The molecule has 1 aromatic heterocycles. The van der Waals surface area contributed by atoms with Gasteiger partial charge in [0.1, 0.15) is 6.04 Å². The fourth-order valence-electron chi connectivity index (χ4n) is 1.63. The Kier molecular flexibility index (Phi) is 2.92. The fourth-order valence-corrected chi connectivity index (χ4v) is 1.63. The molecule has 3 N–H and O–H groups in total. The maximum absolute atomic E-state index is 10.7. The summed E-state index contributed by atoms with van der Waals surface area (Å²) in [5.74, 6) is -0.833. The van der Waals surface area contributed by atoms with E-state index in [1.807, 2.05) is 30.5 Å². The number of fused-ring (bicyclic) bond motifs is 1. The molecule has 0 amide bonds. The van der Waals surface area contributed by atoms with Crippen LogP contribution in [0.25, 0.3) is 10.9 Å². The van der Waals surface area contributed by atoms with E-state index in [1.165, 1.54) is 0 Å². The Hall–Kier alpha value is -1.81. The molecule has 0 aliphatic rings. The number of rotatable bonds is 4. The molecule has 0 spiro atoms. The van der Waals surface area contributed by atoms with E-state index >= 15 is 0 Å². The predicted octanol–water partition coefficient (Wildman–Crippen LogP) is 1.73. The minimum Gasteiger partial charge on any atom is -0.480 e. The molecule has 2 aromatic rings. The van der Waals surface area contributed by atoms with Crippen LogP contribution in [0.5, 0.6) is 0 Å². The number of aliphatic carboxylic acids is 1. The van der Waals surface area contributed by atoms with Gasteiger partial charge in [-0.05, 0) is 18.6 Å². The molecule has 0 saturated heterocycles. The maximum Gasteiger partial charge on any atom is 0.320 e. The Bertz CT molecular complexity index is 504. The van der Waals surface area contributed by atoms with Crippen LogP contribution in [0.1, 0.15) is 12.5 Å². The average Bonchev–Trinajstić information content (AvgIpc) is 2.69. The molecule has 84 valence electrons. The Morgan fingerprint density at radius 3 is 3.00 bits per heavy atom. The van der Waals surface area contributed by atoms with Gasteiger partial charge < -0.3 is 15.4 Å². The first-order chi connectivity index (χ1) is 7.68. The second kappa shape index (κ2) is 4.37. The first kappa shape index (κ1) is 10.7. The molecule has 0 aliphatic heterocycles. The number of carbonyl (C=O) groups is 1. The Morgan fingerprint density at radius 2 is 2.25 bits per heavy atom. The lowest BCUT2D eigenvalue weighted by atomic mass is 10.1. The summed E-state index contributed by atoms with van der Waals surface area (Å²) in [6.07, 6.45) is 1.91. The number of aromatic amines is 1. The van der Waals surface area contributed by atoms with Crippen LogP contribution in [0.3, 0.4) is 0 Å². The van der Waals surface area contributed by atoms with Crippen LogP contribution in [0.15, 0.2) is 30.5 Å². The molecular weight excluding hydrogens is 204 g/mol. The van der Waals surface area contributed by atoms with Crippen molar-refractivity contribution in [2.24, 2.45) is 0 Å². The third kappa shape index (κ3) is 2.06. The van der Waals surface area contributed by atoms with E-state index in [0.717, 1.165) is 16.5 Å². The van der Waals surface area contributed by atoms with E-state index in [1.54, 1.807) is 6.92 Å². The first-order valence-corrected chi connectivity index (χ1v) is 5.19. The molecule has 1 unspecified atom stereocenters. The summed E-state index contributed by atoms with van der Waals surface area (Å²) in [6, 6.07) is 7.43. The van der Waals surface area contributed by atoms with Gasteiger partial charge in [-0.2, -0.15) is 0 Å². The van der Waals surface area contributed by atoms with Crippen LogP contribution in [-0.4, -0.2) is 22.1 Å². The lowest BCUT2D eigenvalue weighted by molar-refractivity contribution is -0.139. The third-order valence-corrected chi connectivity index (χ3v) is 2.64. The van der Waals surface area contributed by atoms with Crippen molar-refractivity contribution in [3.63, 3.8) is 0 Å². The molecule has 0 fully saturated rings. The van der Waals surface area contributed by atoms with Crippen LogP contribution in [-0.2, 0) is 11.3 Å². The highest BCUT2D eigenvalue weighted by Crippen LogP contribution is 2.17. The van der Waals surface area contributed by atoms with Crippen LogP contribution >= 0.6 is 0 Å². The molecule has 16 heavy (non-hydrogen) atoms. The van der Waals surface area contributed by atoms with Crippen molar-refractivity contribution in [1.82, 2.24) is 10.3 Å². The zero-order valence-electron chi connectivity index (χ0n) is 9.03. The minimum atomic E-state index is -0.833. The summed E-state index contributed by atoms with van der Waals surface area (Å²) < 4.78 is 0. The van der Waals surface area contributed by atoms with E-state index in [-0.39, 0.29) is 0 Å². The first-order valence-electron chi connectivity index (χ1n) is 5.19. The van der Waals surface area contributed by atoms with Crippen molar-refractivity contribution in [3.8, 4) is 0 Å². The molecule has 4 heteroatoms. The fraction of sp³-hybridized carbons (Fsp3) is 0.250. The molecule has 0 bridgehead atoms. The van der Waals surface area contributed by atoms with E-state index in [4.69, 9.17) is 5.11 Å². The topological polar surface area (TPSA) is 65.1 Å². The second-order valence-electron chi connectivity index (χ2n) is 3.80. The highest BCUT2D eigenvalue weighted by molar-refractivity contribution is 5.83. The second-order valence-corrected chi connectivity index (χ2v) is 3.80. The summed E-state index contributed by atoms with van der Waals surface area (Å²) in [4.78, 5) is 13.8. The normalized spacial score (nSPS) is 12.8. The molecule has 1 heterocycles. The van der Waals surface area contributed by atoms with Gasteiger partial charge in [-0.1, -0.05) is 18.2 Å². The molecule has 4 nitrogen and oxygen atoms in total. The summed E-state index contributed by atoms with van der Waals surface area (Å²) in [7, 11) is 0. The van der Waals surface area contributed by atoms with Gasteiger partial charge in [0, 0.05) is 23.6 Å². The Morgan fingerprint density at radius 1 is 1.50 bits per heavy atom. The van der Waals surface area contributed by atoms with Crippen molar-refractivity contribution in [2.45, 2.75) is 19.5 Å². The molecule has 1 atom stereocenters. The largest absolute Gasteiger partial charge is 0.480 e. The number of hydrogen-bond acceptors (Lipinski definition) is 2. The number of H-pyrrole nitrogens is 1. The predicted molar refractivity (Wildman–Crippen MR) is 62.2 cm³/mol. The van der Waals surface area contributed by atoms with Gasteiger partial charge in [0.2, 0.25) is 0 Å². The van der Waals surface area contributed by atoms with Crippen LogP contribution in [0, 0.1) is 0 Å². The zero-order valence-corrected chi connectivity index (χ0v) is 9.03.